The van der Waals surface area contributed by atoms with Gasteiger partial charge in [0.2, 0.25) is 0 Å². The van der Waals surface area contributed by atoms with Crippen molar-refractivity contribution in [3.8, 4) is 0 Å². The molecule has 1 aromatic rings. The summed E-state index contributed by atoms with van der Waals surface area (Å²) < 4.78 is 5.27. The lowest BCUT2D eigenvalue weighted by atomic mass is 10.2. The minimum Gasteiger partial charge on any atom is -0.378 e. The number of non-ortho nitro benzene ring substituents is 1. The molecule has 0 bridgehead atoms. The van der Waals surface area contributed by atoms with Crippen molar-refractivity contribution < 1.29 is 14.5 Å². The Labute approximate surface area is 141 Å². The first kappa shape index (κ1) is 16.0. The summed E-state index contributed by atoms with van der Waals surface area (Å²) in [5.74, 6) is -0.362. The van der Waals surface area contributed by atoms with Gasteiger partial charge in [0.05, 0.1) is 23.0 Å². The van der Waals surface area contributed by atoms with Gasteiger partial charge in [0.1, 0.15) is 0 Å². The molecule has 2 aliphatic rings. The third kappa shape index (κ3) is 3.54. The van der Waals surface area contributed by atoms with E-state index in [9.17, 15) is 14.9 Å². The zero-order valence-electron chi connectivity index (χ0n) is 11.9. The van der Waals surface area contributed by atoms with Crippen LogP contribution in [-0.4, -0.2) is 47.2 Å². The van der Waals surface area contributed by atoms with E-state index < -0.39 is 4.92 Å². The van der Waals surface area contributed by atoms with E-state index in [0.717, 1.165) is 0 Å². The van der Waals surface area contributed by atoms with Gasteiger partial charge in [-0.25, -0.2) is 0 Å². The highest BCUT2D eigenvalue weighted by molar-refractivity contribution is 8.18. The van der Waals surface area contributed by atoms with Crippen molar-refractivity contribution in [1.82, 2.24) is 4.90 Å². The Morgan fingerprint density at radius 3 is 2.83 bits per heavy atom. The highest BCUT2D eigenvalue weighted by Gasteiger charge is 2.27. The Kier molecular flexibility index (Phi) is 4.65. The van der Waals surface area contributed by atoms with E-state index in [1.807, 2.05) is 4.90 Å². The zero-order chi connectivity index (χ0) is 16.4. The molecule has 0 N–H and O–H groups in total. The second kappa shape index (κ2) is 6.69. The number of rotatable bonds is 2. The molecule has 2 heterocycles. The topological polar surface area (TPSA) is 85.0 Å². The lowest BCUT2D eigenvalue weighted by Gasteiger charge is -2.27. The number of nitro groups is 1. The predicted octanol–water partition coefficient (Wildman–Crippen LogP) is 2.55. The van der Waals surface area contributed by atoms with Crippen molar-refractivity contribution in [2.75, 3.05) is 26.3 Å². The van der Waals surface area contributed by atoms with Crippen molar-refractivity contribution in [3.05, 3.63) is 43.8 Å². The van der Waals surface area contributed by atoms with E-state index >= 15 is 0 Å². The van der Waals surface area contributed by atoms with E-state index in [1.54, 1.807) is 6.08 Å². The Morgan fingerprint density at radius 1 is 1.39 bits per heavy atom. The quantitative estimate of drug-likeness (QED) is 0.461. The number of amidine groups is 1. The largest absolute Gasteiger partial charge is 0.378 e. The van der Waals surface area contributed by atoms with Crippen LogP contribution in [0.1, 0.15) is 5.56 Å². The molecular weight excluding hydrogens is 342 g/mol. The van der Waals surface area contributed by atoms with Gasteiger partial charge < -0.3 is 9.64 Å². The fourth-order valence-electron chi connectivity index (χ4n) is 2.18. The number of carbonyl (C=O) groups is 1. The first-order valence-electron chi connectivity index (χ1n) is 6.84. The second-order valence-electron chi connectivity index (χ2n) is 4.87. The molecule has 0 atom stereocenters. The molecule has 0 spiro atoms. The molecule has 1 saturated heterocycles. The minimum atomic E-state index is -0.502. The Bertz CT molecular complexity index is 729. The van der Waals surface area contributed by atoms with Crippen molar-refractivity contribution in [3.63, 3.8) is 0 Å². The lowest BCUT2D eigenvalue weighted by molar-refractivity contribution is -0.384. The zero-order valence-corrected chi connectivity index (χ0v) is 13.5. The van der Waals surface area contributed by atoms with Crippen LogP contribution >= 0.6 is 23.4 Å². The average Bonchev–Trinajstić information content (AvgIpc) is 2.91. The van der Waals surface area contributed by atoms with E-state index in [-0.39, 0.29) is 11.6 Å². The molecule has 0 aromatic heterocycles. The van der Waals surface area contributed by atoms with Crippen LogP contribution in [0.15, 0.2) is 28.1 Å². The van der Waals surface area contributed by atoms with Crippen LogP contribution in [0.25, 0.3) is 6.08 Å². The number of ether oxygens (including phenoxy) is 1. The predicted molar refractivity (Wildman–Crippen MR) is 88.5 cm³/mol. The molecule has 2 aliphatic heterocycles. The maximum absolute atomic E-state index is 12.1. The number of nitro benzene ring substituents is 1. The summed E-state index contributed by atoms with van der Waals surface area (Å²) in [5.41, 5.74) is 0.348. The van der Waals surface area contributed by atoms with Gasteiger partial charge in [0, 0.05) is 35.8 Å². The second-order valence-corrected chi connectivity index (χ2v) is 6.29. The normalized spacial score (nSPS) is 20.0. The number of aliphatic imine (C=N–C) groups is 1. The first-order valence-corrected chi connectivity index (χ1v) is 8.03. The molecule has 9 heteroatoms. The van der Waals surface area contributed by atoms with Gasteiger partial charge in [0.15, 0.2) is 5.17 Å². The smallest absolute Gasteiger partial charge is 0.286 e. The fourth-order valence-corrected chi connectivity index (χ4v) is 3.31. The third-order valence-electron chi connectivity index (χ3n) is 3.37. The molecule has 0 saturated carbocycles. The van der Waals surface area contributed by atoms with Crippen LogP contribution in [0.5, 0.6) is 0 Å². The van der Waals surface area contributed by atoms with Gasteiger partial charge >= 0.3 is 0 Å². The van der Waals surface area contributed by atoms with Crippen LogP contribution in [0.3, 0.4) is 0 Å². The molecule has 0 aliphatic carbocycles. The third-order valence-corrected chi connectivity index (χ3v) is 4.76. The molecule has 1 aromatic carbocycles. The lowest BCUT2D eigenvalue weighted by Crippen LogP contribution is -2.38. The molecule has 0 radical (unpaired) electrons. The summed E-state index contributed by atoms with van der Waals surface area (Å²) in [6, 6.07) is 4.11. The summed E-state index contributed by atoms with van der Waals surface area (Å²) in [4.78, 5) is 28.8. The Morgan fingerprint density at radius 2 is 2.13 bits per heavy atom. The highest BCUT2D eigenvalue weighted by atomic mass is 35.5. The van der Waals surface area contributed by atoms with Gasteiger partial charge in [-0.2, -0.15) is 4.99 Å². The van der Waals surface area contributed by atoms with Crippen LogP contribution in [-0.2, 0) is 9.53 Å². The molecule has 120 valence electrons. The first-order chi connectivity index (χ1) is 11.0. The Balaban J connectivity index is 1.83. The number of hydrogen-bond acceptors (Lipinski definition) is 6. The molecule has 7 nitrogen and oxygen atoms in total. The van der Waals surface area contributed by atoms with E-state index in [4.69, 9.17) is 16.3 Å². The maximum atomic E-state index is 12.1. The number of thioether (sulfide) groups is 1. The molecule has 1 amide bonds. The summed E-state index contributed by atoms with van der Waals surface area (Å²) >= 11 is 7.31. The standard InChI is InChI=1S/C14H12ClN3O4S/c15-11-2-1-10(18(20)21)7-9(11)8-12-13(19)16-14(23-12)17-3-5-22-6-4-17/h1-2,7-8H,3-6H2. The van der Waals surface area contributed by atoms with Crippen LogP contribution in [0, 0.1) is 10.1 Å². The Hall–Kier alpha value is -1.90. The molecule has 1 fully saturated rings. The van der Waals surface area contributed by atoms with Gasteiger partial charge in [-0.1, -0.05) is 11.6 Å². The van der Waals surface area contributed by atoms with Gasteiger partial charge in [0.25, 0.3) is 11.6 Å². The minimum absolute atomic E-state index is 0.0778. The SMILES string of the molecule is O=C1N=C(N2CCOCC2)SC1=Cc1cc([N+](=O)[O-])ccc1Cl. The van der Waals surface area contributed by atoms with Gasteiger partial charge in [-0.3, -0.25) is 14.9 Å². The van der Waals surface area contributed by atoms with Crippen molar-refractivity contribution in [2.45, 2.75) is 0 Å². The fraction of sp³-hybridized carbons (Fsp3) is 0.286. The molecule has 23 heavy (non-hydrogen) atoms. The summed E-state index contributed by atoms with van der Waals surface area (Å²) in [6.45, 7) is 2.57. The summed E-state index contributed by atoms with van der Waals surface area (Å²) in [6.07, 6.45) is 1.54. The number of hydrogen-bond donors (Lipinski definition) is 0. The van der Waals surface area contributed by atoms with Gasteiger partial charge in [-0.05, 0) is 23.9 Å². The van der Waals surface area contributed by atoms with E-state index in [1.165, 1.54) is 30.0 Å². The number of halogens is 1. The number of amides is 1. The number of morpholine rings is 1. The molecular formula is C14H12ClN3O4S. The summed E-state index contributed by atoms with van der Waals surface area (Å²) in [7, 11) is 0. The monoisotopic (exact) mass is 353 g/mol. The van der Waals surface area contributed by atoms with E-state index in [0.29, 0.717) is 47.0 Å². The number of nitrogens with zero attached hydrogens (tertiary/aromatic N) is 3. The van der Waals surface area contributed by atoms with Crippen molar-refractivity contribution >= 4 is 46.2 Å². The number of carbonyl (C=O) groups excluding carboxylic acids is 1. The molecule has 3 rings (SSSR count). The van der Waals surface area contributed by atoms with Crippen molar-refractivity contribution in [1.29, 1.82) is 0 Å². The van der Waals surface area contributed by atoms with Crippen LogP contribution in [0.4, 0.5) is 5.69 Å². The van der Waals surface area contributed by atoms with Crippen molar-refractivity contribution in [2.24, 2.45) is 4.99 Å². The van der Waals surface area contributed by atoms with Gasteiger partial charge in [-0.15, -0.1) is 0 Å². The van der Waals surface area contributed by atoms with E-state index in [2.05, 4.69) is 4.99 Å². The number of benzene rings is 1. The molecule has 0 unspecified atom stereocenters. The summed E-state index contributed by atoms with van der Waals surface area (Å²) in [5, 5.41) is 11.8. The van der Waals surface area contributed by atoms with Crippen LogP contribution in [0.2, 0.25) is 5.02 Å². The average molecular weight is 354 g/mol. The maximum Gasteiger partial charge on any atom is 0.286 e. The highest BCUT2D eigenvalue weighted by Crippen LogP contribution is 2.33. The van der Waals surface area contributed by atoms with Crippen LogP contribution < -0.4 is 0 Å².